The number of esters is 1. The molecule has 0 aliphatic heterocycles. The summed E-state index contributed by atoms with van der Waals surface area (Å²) in [5.41, 5.74) is 2.38. The van der Waals surface area contributed by atoms with Crippen LogP contribution in [0, 0.1) is 5.92 Å². The molecule has 3 heteroatoms. The van der Waals surface area contributed by atoms with E-state index in [9.17, 15) is 4.79 Å². The van der Waals surface area contributed by atoms with Crippen molar-refractivity contribution in [2.75, 3.05) is 7.11 Å². The molecule has 0 unspecified atom stereocenters. The maximum Gasteiger partial charge on any atom is 0.307 e. The summed E-state index contributed by atoms with van der Waals surface area (Å²) in [6.07, 6.45) is 3.60. The Hall–Kier alpha value is -2.03. The molecule has 1 aromatic carbocycles. The Balaban J connectivity index is 2.25. The monoisotopic (exact) mass is 286 g/mol. The van der Waals surface area contributed by atoms with Crippen molar-refractivity contribution >= 4 is 5.97 Å². The van der Waals surface area contributed by atoms with E-state index in [1.54, 1.807) is 7.11 Å². The van der Waals surface area contributed by atoms with E-state index in [4.69, 9.17) is 9.47 Å². The minimum absolute atomic E-state index is 0.261. The van der Waals surface area contributed by atoms with Gasteiger partial charge in [0.15, 0.2) is 0 Å². The number of benzene rings is 1. The van der Waals surface area contributed by atoms with Crippen LogP contribution in [0.1, 0.15) is 38.2 Å². The van der Waals surface area contributed by atoms with Crippen LogP contribution in [-0.4, -0.2) is 13.1 Å². The predicted octanol–water partition coefficient (Wildman–Crippen LogP) is 4.21. The standard InChI is InChI=1S/C18H22O3/c1-12(2)17-10-9-16(21-13(3)19)11-18(17)14-5-7-15(20-4)8-6-14/h5-9,17-18H,1,10-11H2,2-4H3/t17-,18-/m0/s1. The molecule has 0 spiro atoms. The normalized spacial score (nSPS) is 21.4. The van der Waals surface area contributed by atoms with E-state index in [2.05, 4.69) is 25.6 Å². The smallest absolute Gasteiger partial charge is 0.307 e. The van der Waals surface area contributed by atoms with Crippen molar-refractivity contribution in [1.82, 2.24) is 0 Å². The fourth-order valence-electron chi connectivity index (χ4n) is 2.88. The first-order valence-electron chi connectivity index (χ1n) is 7.18. The van der Waals surface area contributed by atoms with Gasteiger partial charge in [0.05, 0.1) is 7.11 Å². The Kier molecular flexibility index (Phi) is 4.84. The largest absolute Gasteiger partial charge is 0.497 e. The molecular weight excluding hydrogens is 264 g/mol. The topological polar surface area (TPSA) is 35.5 Å². The highest BCUT2D eigenvalue weighted by Crippen LogP contribution is 2.41. The summed E-state index contributed by atoms with van der Waals surface area (Å²) >= 11 is 0. The number of rotatable bonds is 4. The van der Waals surface area contributed by atoms with Gasteiger partial charge in [-0.3, -0.25) is 4.79 Å². The van der Waals surface area contributed by atoms with Crippen LogP contribution in [0.25, 0.3) is 0 Å². The van der Waals surface area contributed by atoms with Crippen LogP contribution >= 0.6 is 0 Å². The zero-order valence-corrected chi connectivity index (χ0v) is 12.9. The van der Waals surface area contributed by atoms with Gasteiger partial charge in [0.2, 0.25) is 0 Å². The second-order valence-corrected chi connectivity index (χ2v) is 5.54. The number of methoxy groups -OCH3 is 1. The van der Waals surface area contributed by atoms with E-state index in [1.807, 2.05) is 18.2 Å². The highest BCUT2D eigenvalue weighted by Gasteiger charge is 2.29. The van der Waals surface area contributed by atoms with Gasteiger partial charge in [-0.1, -0.05) is 24.3 Å². The number of hydrogen-bond acceptors (Lipinski definition) is 3. The van der Waals surface area contributed by atoms with Crippen LogP contribution in [0.15, 0.2) is 48.3 Å². The van der Waals surface area contributed by atoms with E-state index < -0.39 is 0 Å². The quantitative estimate of drug-likeness (QED) is 0.614. The first-order valence-corrected chi connectivity index (χ1v) is 7.18. The zero-order valence-electron chi connectivity index (χ0n) is 12.9. The minimum Gasteiger partial charge on any atom is -0.497 e. The molecule has 2 rings (SSSR count). The van der Waals surface area contributed by atoms with Crippen molar-refractivity contribution < 1.29 is 14.3 Å². The van der Waals surface area contributed by atoms with E-state index >= 15 is 0 Å². The second-order valence-electron chi connectivity index (χ2n) is 5.54. The maximum atomic E-state index is 11.2. The van der Waals surface area contributed by atoms with Gasteiger partial charge in [-0.2, -0.15) is 0 Å². The van der Waals surface area contributed by atoms with Crippen molar-refractivity contribution in [2.45, 2.75) is 32.6 Å². The first-order chi connectivity index (χ1) is 10.0. The van der Waals surface area contributed by atoms with Crippen molar-refractivity contribution in [2.24, 2.45) is 5.92 Å². The van der Waals surface area contributed by atoms with Crippen LogP contribution in [0.4, 0.5) is 0 Å². The number of allylic oxidation sites excluding steroid dienone is 3. The Morgan fingerprint density at radius 3 is 2.43 bits per heavy atom. The van der Waals surface area contributed by atoms with Crippen molar-refractivity contribution in [1.29, 1.82) is 0 Å². The lowest BCUT2D eigenvalue weighted by atomic mass is 9.75. The van der Waals surface area contributed by atoms with Crippen LogP contribution < -0.4 is 4.74 Å². The highest BCUT2D eigenvalue weighted by molar-refractivity contribution is 5.67. The van der Waals surface area contributed by atoms with Gasteiger partial charge in [0, 0.05) is 13.3 Å². The average Bonchev–Trinajstić information content (AvgIpc) is 2.46. The Morgan fingerprint density at radius 1 is 1.24 bits per heavy atom. The molecule has 0 saturated carbocycles. The average molecular weight is 286 g/mol. The molecule has 21 heavy (non-hydrogen) atoms. The summed E-state index contributed by atoms with van der Waals surface area (Å²) in [6, 6.07) is 8.09. The van der Waals surface area contributed by atoms with Gasteiger partial charge in [0.1, 0.15) is 11.5 Å². The molecule has 1 aromatic rings. The summed E-state index contributed by atoms with van der Waals surface area (Å²) in [4.78, 5) is 11.2. The Bertz CT molecular complexity index is 554. The summed E-state index contributed by atoms with van der Waals surface area (Å²) in [5.74, 6) is 2.01. The third-order valence-corrected chi connectivity index (χ3v) is 3.96. The Morgan fingerprint density at radius 2 is 1.90 bits per heavy atom. The Labute approximate surface area is 126 Å². The summed E-state index contributed by atoms with van der Waals surface area (Å²) in [5, 5.41) is 0. The summed E-state index contributed by atoms with van der Waals surface area (Å²) < 4.78 is 10.5. The van der Waals surface area contributed by atoms with Gasteiger partial charge in [0.25, 0.3) is 0 Å². The molecule has 3 nitrogen and oxygen atoms in total. The molecule has 0 fully saturated rings. The van der Waals surface area contributed by atoms with E-state index in [0.717, 1.165) is 29.9 Å². The lowest BCUT2D eigenvalue weighted by Gasteiger charge is -2.31. The number of ether oxygens (including phenoxy) is 2. The predicted molar refractivity (Wildman–Crippen MR) is 83.1 cm³/mol. The zero-order chi connectivity index (χ0) is 15.4. The van der Waals surface area contributed by atoms with Crippen molar-refractivity contribution in [3.63, 3.8) is 0 Å². The van der Waals surface area contributed by atoms with E-state index in [-0.39, 0.29) is 11.9 Å². The number of hydrogen-bond donors (Lipinski definition) is 0. The molecule has 1 aliphatic rings. The third-order valence-electron chi connectivity index (χ3n) is 3.96. The van der Waals surface area contributed by atoms with E-state index in [1.165, 1.54) is 12.5 Å². The fraction of sp³-hybridized carbons (Fsp3) is 0.389. The van der Waals surface area contributed by atoms with Gasteiger partial charge in [-0.05, 0) is 49.0 Å². The van der Waals surface area contributed by atoms with E-state index in [0.29, 0.717) is 5.92 Å². The van der Waals surface area contributed by atoms with Crippen LogP contribution in [0.5, 0.6) is 5.75 Å². The summed E-state index contributed by atoms with van der Waals surface area (Å²) in [6.45, 7) is 7.61. The highest BCUT2D eigenvalue weighted by atomic mass is 16.5. The van der Waals surface area contributed by atoms with Gasteiger partial charge in [-0.15, -0.1) is 0 Å². The number of carbonyl (C=O) groups is 1. The molecular formula is C18H22O3. The van der Waals surface area contributed by atoms with Crippen molar-refractivity contribution in [3.8, 4) is 5.75 Å². The SMILES string of the molecule is C=C(C)[C@@H]1CC=C(OC(C)=O)C[C@H]1c1ccc(OC)cc1. The third kappa shape index (κ3) is 3.75. The summed E-state index contributed by atoms with van der Waals surface area (Å²) in [7, 11) is 1.66. The molecule has 0 aromatic heterocycles. The van der Waals surface area contributed by atoms with Crippen molar-refractivity contribution in [3.05, 3.63) is 53.8 Å². The lowest BCUT2D eigenvalue weighted by molar-refractivity contribution is -0.137. The molecule has 0 radical (unpaired) electrons. The molecule has 2 atom stereocenters. The maximum absolute atomic E-state index is 11.2. The van der Waals surface area contributed by atoms with Crippen LogP contribution in [0.3, 0.4) is 0 Å². The molecule has 0 amide bonds. The molecule has 112 valence electrons. The second kappa shape index (κ2) is 6.61. The molecule has 0 saturated heterocycles. The number of carbonyl (C=O) groups excluding carboxylic acids is 1. The lowest BCUT2D eigenvalue weighted by Crippen LogP contribution is -2.20. The van der Waals surface area contributed by atoms with Gasteiger partial charge >= 0.3 is 5.97 Å². The van der Waals surface area contributed by atoms with Gasteiger partial charge < -0.3 is 9.47 Å². The molecule has 0 N–H and O–H groups in total. The molecule has 0 bridgehead atoms. The molecule has 0 heterocycles. The minimum atomic E-state index is -0.261. The molecule has 1 aliphatic carbocycles. The first kappa shape index (κ1) is 15.4. The van der Waals surface area contributed by atoms with Crippen LogP contribution in [0.2, 0.25) is 0 Å². The fourth-order valence-corrected chi connectivity index (χ4v) is 2.88. The van der Waals surface area contributed by atoms with Gasteiger partial charge in [-0.25, -0.2) is 0 Å². The van der Waals surface area contributed by atoms with Crippen LogP contribution in [-0.2, 0) is 9.53 Å².